The first-order valence-electron chi connectivity index (χ1n) is 11.8. The largest absolute Gasteiger partial charge is 0.440 e. The number of anilines is 3. The molecule has 0 unspecified atom stereocenters. The zero-order valence-electron chi connectivity index (χ0n) is 20.6. The minimum atomic E-state index is -0.468. The number of hydrogen-bond acceptors (Lipinski definition) is 10. The fourth-order valence-corrected chi connectivity index (χ4v) is 4.04. The number of nitriles is 1. The lowest BCUT2D eigenvalue weighted by Gasteiger charge is -2.29. The number of carbonyl (C=O) groups is 2. The van der Waals surface area contributed by atoms with Crippen molar-refractivity contribution in [1.29, 1.82) is 5.26 Å². The first-order valence-corrected chi connectivity index (χ1v) is 11.8. The zero-order chi connectivity index (χ0) is 26.9. The third-order valence-electron chi connectivity index (χ3n) is 5.84. The Labute approximate surface area is 218 Å². The molecule has 2 aliphatic heterocycles. The summed E-state index contributed by atoms with van der Waals surface area (Å²) in [5.74, 6) is 2.33. The van der Waals surface area contributed by atoms with E-state index >= 15 is 0 Å². The van der Waals surface area contributed by atoms with Crippen molar-refractivity contribution in [2.75, 3.05) is 42.3 Å². The summed E-state index contributed by atoms with van der Waals surface area (Å²) >= 11 is 0. The highest BCUT2D eigenvalue weighted by atomic mass is 16.5. The van der Waals surface area contributed by atoms with Gasteiger partial charge in [0.25, 0.3) is 5.88 Å². The van der Waals surface area contributed by atoms with E-state index in [1.54, 1.807) is 37.5 Å². The second-order valence-corrected chi connectivity index (χ2v) is 8.29. The smallest absolute Gasteiger partial charge is 0.328 e. The number of aryl methyl sites for hydroxylation is 1. The van der Waals surface area contributed by atoms with Crippen LogP contribution in [0.5, 0.6) is 0 Å². The number of urea groups is 1. The number of hydrogen-bond donors (Lipinski definition) is 2. The Bertz CT molecular complexity index is 1370. The standard InChI is InChI=1S/C26H25N7O5/c1-37-10-6-28-21-12-23(29-14-20(21)13-27)31-26(36)33-8-4-5-18-11-19(22(16-34)30-25(18)33)15-32-7-2-3-9-38-24(32)17-35/h2-3,7,9,11-12,14,16H,4-6,8,10,15H2,1H3,(H2,28,29,31,36). The second-order valence-electron chi connectivity index (χ2n) is 8.29. The summed E-state index contributed by atoms with van der Waals surface area (Å²) in [6, 6.07) is 4.99. The van der Waals surface area contributed by atoms with Gasteiger partial charge in [-0.05, 0) is 36.6 Å². The van der Waals surface area contributed by atoms with E-state index < -0.39 is 6.03 Å². The summed E-state index contributed by atoms with van der Waals surface area (Å²) in [7, 11) is 1.58. The van der Waals surface area contributed by atoms with Gasteiger partial charge in [0.15, 0.2) is 12.2 Å². The van der Waals surface area contributed by atoms with Gasteiger partial charge in [0.05, 0.1) is 30.7 Å². The molecule has 0 saturated carbocycles. The van der Waals surface area contributed by atoms with Gasteiger partial charge >= 0.3 is 6.03 Å². The fraction of sp³-hybridized carbons (Fsp3) is 0.269. The van der Waals surface area contributed by atoms with Crippen molar-refractivity contribution in [3.63, 3.8) is 0 Å². The number of allylic oxidation sites excluding steroid dienone is 2. The van der Waals surface area contributed by atoms with Crippen molar-refractivity contribution in [2.24, 2.45) is 0 Å². The van der Waals surface area contributed by atoms with E-state index in [0.717, 1.165) is 5.56 Å². The first kappa shape index (κ1) is 26.1. The number of aldehydes is 1. The van der Waals surface area contributed by atoms with Crippen LogP contribution in [-0.4, -0.2) is 59.9 Å². The Morgan fingerprint density at radius 3 is 2.97 bits per heavy atom. The van der Waals surface area contributed by atoms with E-state index in [0.29, 0.717) is 61.5 Å². The topological polar surface area (TPSA) is 150 Å². The number of aromatic nitrogens is 2. The molecular formula is C26H25N7O5. The van der Waals surface area contributed by atoms with Crippen molar-refractivity contribution in [3.8, 4) is 6.07 Å². The predicted molar refractivity (Wildman–Crippen MR) is 138 cm³/mol. The molecule has 194 valence electrons. The van der Waals surface area contributed by atoms with Gasteiger partial charge in [0, 0.05) is 44.2 Å². The van der Waals surface area contributed by atoms with Crippen molar-refractivity contribution in [3.05, 3.63) is 71.2 Å². The highest BCUT2D eigenvalue weighted by Gasteiger charge is 2.27. The number of methoxy groups -OCH3 is 1. The van der Waals surface area contributed by atoms with Crippen LogP contribution in [-0.2, 0) is 27.2 Å². The van der Waals surface area contributed by atoms with Crippen LogP contribution in [0.1, 0.15) is 33.6 Å². The zero-order valence-corrected chi connectivity index (χ0v) is 20.6. The van der Waals surface area contributed by atoms with E-state index in [1.807, 2.05) is 6.07 Å². The molecule has 0 radical (unpaired) electrons. The van der Waals surface area contributed by atoms with Crippen LogP contribution < -0.4 is 15.5 Å². The lowest BCUT2D eigenvalue weighted by molar-refractivity contribution is 0.111. The summed E-state index contributed by atoms with van der Waals surface area (Å²) in [6.45, 7) is 1.46. The highest BCUT2D eigenvalue weighted by Crippen LogP contribution is 2.29. The molecule has 0 fully saturated rings. The third kappa shape index (κ3) is 5.87. The van der Waals surface area contributed by atoms with E-state index in [1.165, 1.54) is 22.3 Å². The maximum absolute atomic E-state index is 13.2. The maximum Gasteiger partial charge on any atom is 0.328 e. The third-order valence-corrected chi connectivity index (χ3v) is 5.84. The lowest BCUT2D eigenvalue weighted by Crippen LogP contribution is -2.40. The van der Waals surface area contributed by atoms with E-state index in [9.17, 15) is 19.6 Å². The van der Waals surface area contributed by atoms with Crippen LogP contribution in [0.3, 0.4) is 0 Å². The molecule has 0 aromatic carbocycles. The average Bonchev–Trinajstić information content (AvgIpc) is 3.17. The van der Waals surface area contributed by atoms with Gasteiger partial charge in [0.1, 0.15) is 23.4 Å². The van der Waals surface area contributed by atoms with Gasteiger partial charge in [-0.3, -0.25) is 15.0 Å². The minimum Gasteiger partial charge on any atom is -0.440 e. The molecule has 38 heavy (non-hydrogen) atoms. The van der Waals surface area contributed by atoms with Crippen molar-refractivity contribution < 1.29 is 23.9 Å². The normalized spacial score (nSPS) is 14.1. The van der Waals surface area contributed by atoms with Crippen LogP contribution in [0.2, 0.25) is 0 Å². The molecule has 4 heterocycles. The van der Waals surface area contributed by atoms with Gasteiger partial charge in [-0.15, -0.1) is 0 Å². The maximum atomic E-state index is 13.2. The summed E-state index contributed by atoms with van der Waals surface area (Å²) in [4.78, 5) is 48.2. The van der Waals surface area contributed by atoms with Crippen molar-refractivity contribution in [1.82, 2.24) is 14.9 Å². The molecule has 4 rings (SSSR count). The number of rotatable bonds is 8. The highest BCUT2D eigenvalue weighted by molar-refractivity contribution is 6.01. The molecule has 2 N–H and O–H groups in total. The second kappa shape index (κ2) is 12.3. The molecule has 0 spiro atoms. The molecule has 12 heteroatoms. The lowest BCUT2D eigenvalue weighted by atomic mass is 10.0. The van der Waals surface area contributed by atoms with Gasteiger partial charge in [0.2, 0.25) is 0 Å². The van der Waals surface area contributed by atoms with Crippen LogP contribution in [0.4, 0.5) is 22.1 Å². The molecule has 0 atom stereocenters. The van der Waals surface area contributed by atoms with Gasteiger partial charge in [-0.2, -0.15) is 5.26 Å². The molecule has 0 aliphatic carbocycles. The van der Waals surface area contributed by atoms with Crippen LogP contribution in [0.15, 0.2) is 48.8 Å². The van der Waals surface area contributed by atoms with E-state index in [2.05, 4.69) is 26.7 Å². The molecule has 0 saturated heterocycles. The first-order chi connectivity index (χ1) is 18.6. The number of ether oxygens (including phenoxy) is 2. The Kier molecular flexibility index (Phi) is 8.46. The van der Waals surface area contributed by atoms with Crippen molar-refractivity contribution >= 4 is 35.6 Å². The van der Waals surface area contributed by atoms with E-state index in [4.69, 9.17) is 9.47 Å². The Balaban J connectivity index is 1.56. The SMILES string of the molecule is COCCNc1cc(NC(=O)N2CCCc3cc(CN4C=CC=COC4=C=O)c(C=O)nc32)ncc1C#N. The number of nitrogens with zero attached hydrogens (tertiary/aromatic N) is 5. The summed E-state index contributed by atoms with van der Waals surface area (Å²) in [5.41, 5.74) is 2.35. The minimum absolute atomic E-state index is 0.0448. The summed E-state index contributed by atoms with van der Waals surface area (Å²) in [5, 5.41) is 15.2. The number of carbonyl (C=O) groups excluding carboxylic acids is 3. The number of fused-ring (bicyclic) bond motifs is 1. The van der Waals surface area contributed by atoms with E-state index in [-0.39, 0.29) is 23.9 Å². The molecule has 2 aromatic rings. The predicted octanol–water partition coefficient (Wildman–Crippen LogP) is 2.74. The Hall–Kier alpha value is -4.98. The van der Waals surface area contributed by atoms with Gasteiger partial charge < -0.3 is 19.7 Å². The number of pyridine rings is 2. The summed E-state index contributed by atoms with van der Waals surface area (Å²) in [6.07, 6.45) is 9.65. The van der Waals surface area contributed by atoms with Crippen LogP contribution >= 0.6 is 0 Å². The molecule has 2 aromatic heterocycles. The average molecular weight is 516 g/mol. The summed E-state index contributed by atoms with van der Waals surface area (Å²) < 4.78 is 10.3. The van der Waals surface area contributed by atoms with Gasteiger partial charge in [-0.25, -0.2) is 19.6 Å². The van der Waals surface area contributed by atoms with Gasteiger partial charge in [-0.1, -0.05) is 0 Å². The molecular weight excluding hydrogens is 490 g/mol. The van der Waals surface area contributed by atoms with Crippen LogP contribution in [0.25, 0.3) is 0 Å². The Morgan fingerprint density at radius 1 is 1.34 bits per heavy atom. The molecule has 12 nitrogen and oxygen atoms in total. The quantitative estimate of drug-likeness (QED) is 0.305. The van der Waals surface area contributed by atoms with Crippen LogP contribution in [0, 0.1) is 11.3 Å². The Morgan fingerprint density at radius 2 is 2.21 bits per heavy atom. The fourth-order valence-electron chi connectivity index (χ4n) is 4.04. The number of amides is 2. The number of nitrogens with one attached hydrogen (secondary N) is 2. The molecule has 0 bridgehead atoms. The monoisotopic (exact) mass is 515 g/mol. The van der Waals surface area contributed by atoms with Crippen molar-refractivity contribution in [2.45, 2.75) is 19.4 Å². The molecule has 2 aliphatic rings. The molecule has 2 amide bonds.